The third kappa shape index (κ3) is 7.08. The van der Waals surface area contributed by atoms with Crippen LogP contribution in [0.4, 0.5) is 0 Å². The highest BCUT2D eigenvalue weighted by atomic mass is 35.5. The van der Waals surface area contributed by atoms with Crippen LogP contribution in [0, 0.1) is 0 Å². The molecular formula is C22H29ClN6O3. The Morgan fingerprint density at radius 1 is 1.16 bits per heavy atom. The van der Waals surface area contributed by atoms with Crippen LogP contribution in [0.5, 0.6) is 0 Å². The molecule has 1 aliphatic heterocycles. The minimum atomic E-state index is -0.708. The first-order valence-electron chi connectivity index (χ1n) is 10.6. The summed E-state index contributed by atoms with van der Waals surface area (Å²) in [5, 5.41) is 5.34. The van der Waals surface area contributed by atoms with Gasteiger partial charge in [-0.3, -0.25) is 20.0 Å². The molecule has 3 rings (SSSR count). The van der Waals surface area contributed by atoms with Gasteiger partial charge in [0.2, 0.25) is 5.91 Å². The van der Waals surface area contributed by atoms with E-state index >= 15 is 0 Å². The molecule has 1 unspecified atom stereocenters. The van der Waals surface area contributed by atoms with Gasteiger partial charge < -0.3 is 21.5 Å². The smallest absolute Gasteiger partial charge is 0.256 e. The highest BCUT2D eigenvalue weighted by Gasteiger charge is 2.25. The number of benzene rings is 1. The standard InChI is InChI=1S/C22H29ClN6O3/c23-18-7-5-15(6-8-18)16-3-4-17(14-16)20(30)27-19(2-1-9-26-22(24)25)21(31)28-29-10-12-32-13-11-29/h3-8,19H,1-2,9-14H2,(H,27,30)(H,28,31)(H4,24,25,26). The summed E-state index contributed by atoms with van der Waals surface area (Å²) in [7, 11) is 0. The van der Waals surface area contributed by atoms with Crippen LogP contribution < -0.4 is 22.2 Å². The summed E-state index contributed by atoms with van der Waals surface area (Å²) in [6.07, 6.45) is 5.14. The molecule has 172 valence electrons. The summed E-state index contributed by atoms with van der Waals surface area (Å²) in [5.41, 5.74) is 16.2. The molecular weight excluding hydrogens is 432 g/mol. The third-order valence-corrected chi connectivity index (χ3v) is 5.47. The van der Waals surface area contributed by atoms with Gasteiger partial charge in [0.1, 0.15) is 6.04 Å². The number of nitrogens with two attached hydrogens (primary N) is 2. The molecule has 0 radical (unpaired) electrons. The summed E-state index contributed by atoms with van der Waals surface area (Å²) < 4.78 is 5.31. The van der Waals surface area contributed by atoms with Crippen molar-refractivity contribution in [1.29, 1.82) is 0 Å². The predicted molar refractivity (Wildman–Crippen MR) is 125 cm³/mol. The quantitative estimate of drug-likeness (QED) is 0.246. The van der Waals surface area contributed by atoms with E-state index in [0.29, 0.717) is 62.7 Å². The second kappa shape index (κ2) is 11.7. The van der Waals surface area contributed by atoms with Gasteiger partial charge in [0.05, 0.1) is 13.2 Å². The Balaban J connectivity index is 1.58. The molecule has 32 heavy (non-hydrogen) atoms. The lowest BCUT2D eigenvalue weighted by atomic mass is 10.0. The van der Waals surface area contributed by atoms with Gasteiger partial charge in [0.15, 0.2) is 5.96 Å². The molecule has 2 amide bonds. The number of morpholine rings is 1. The highest BCUT2D eigenvalue weighted by molar-refractivity contribution is 6.30. The molecule has 1 aromatic carbocycles. The average Bonchev–Trinajstić information content (AvgIpc) is 3.27. The first-order valence-corrected chi connectivity index (χ1v) is 11.0. The van der Waals surface area contributed by atoms with E-state index < -0.39 is 6.04 Å². The van der Waals surface area contributed by atoms with Gasteiger partial charge in [-0.1, -0.05) is 35.9 Å². The number of hydrogen-bond acceptors (Lipinski definition) is 5. The van der Waals surface area contributed by atoms with Crippen molar-refractivity contribution in [2.24, 2.45) is 16.5 Å². The van der Waals surface area contributed by atoms with Gasteiger partial charge >= 0.3 is 0 Å². The molecule has 10 heteroatoms. The third-order valence-electron chi connectivity index (χ3n) is 5.22. The number of amides is 2. The maximum atomic E-state index is 12.9. The lowest BCUT2D eigenvalue weighted by Crippen LogP contribution is -2.55. The molecule has 6 N–H and O–H groups in total. The van der Waals surface area contributed by atoms with Gasteiger partial charge in [-0.05, 0) is 36.1 Å². The Labute approximate surface area is 192 Å². The first-order chi connectivity index (χ1) is 15.4. The fourth-order valence-corrected chi connectivity index (χ4v) is 3.60. The largest absolute Gasteiger partial charge is 0.379 e. The van der Waals surface area contributed by atoms with E-state index in [1.54, 1.807) is 11.1 Å². The van der Waals surface area contributed by atoms with Crippen LogP contribution in [0.3, 0.4) is 0 Å². The molecule has 1 saturated heterocycles. The molecule has 1 aromatic rings. The van der Waals surface area contributed by atoms with E-state index in [1.807, 2.05) is 30.3 Å². The Morgan fingerprint density at radius 2 is 1.88 bits per heavy atom. The van der Waals surface area contributed by atoms with Crippen molar-refractivity contribution < 1.29 is 14.3 Å². The zero-order valence-electron chi connectivity index (χ0n) is 17.9. The highest BCUT2D eigenvalue weighted by Crippen LogP contribution is 2.29. The average molecular weight is 461 g/mol. The molecule has 0 aromatic heterocycles. The number of carbonyl (C=O) groups is 2. The molecule has 1 aliphatic carbocycles. The Bertz CT molecular complexity index is 903. The number of carbonyl (C=O) groups excluding carboxylic acids is 2. The van der Waals surface area contributed by atoms with Crippen molar-refractivity contribution >= 4 is 34.9 Å². The second-order valence-electron chi connectivity index (χ2n) is 7.62. The summed E-state index contributed by atoms with van der Waals surface area (Å²) in [6.45, 7) is 2.67. The van der Waals surface area contributed by atoms with Gasteiger partial charge in [-0.25, -0.2) is 5.01 Å². The fourth-order valence-electron chi connectivity index (χ4n) is 3.47. The first kappa shape index (κ1) is 23.8. The van der Waals surface area contributed by atoms with Crippen molar-refractivity contribution in [2.45, 2.75) is 25.3 Å². The second-order valence-corrected chi connectivity index (χ2v) is 8.05. The van der Waals surface area contributed by atoms with Crippen molar-refractivity contribution in [1.82, 2.24) is 15.8 Å². The maximum absolute atomic E-state index is 12.9. The molecule has 1 heterocycles. The minimum absolute atomic E-state index is 0.000248. The fraction of sp³-hybridized carbons (Fsp3) is 0.409. The molecule has 1 atom stereocenters. The number of nitrogens with one attached hydrogen (secondary N) is 2. The molecule has 1 fully saturated rings. The summed E-state index contributed by atoms with van der Waals surface area (Å²) in [4.78, 5) is 29.7. The van der Waals surface area contributed by atoms with Gasteiger partial charge in [-0.2, -0.15) is 0 Å². The summed E-state index contributed by atoms with van der Waals surface area (Å²) in [6, 6.07) is 6.77. The van der Waals surface area contributed by atoms with Crippen LogP contribution in [-0.2, 0) is 14.3 Å². The summed E-state index contributed by atoms with van der Waals surface area (Å²) >= 11 is 5.96. The maximum Gasteiger partial charge on any atom is 0.256 e. The van der Waals surface area contributed by atoms with Crippen molar-refractivity contribution in [2.75, 3.05) is 32.8 Å². The molecule has 0 saturated carbocycles. The number of rotatable bonds is 9. The van der Waals surface area contributed by atoms with E-state index in [9.17, 15) is 9.59 Å². The Hall–Kier alpha value is -2.88. The van der Waals surface area contributed by atoms with Crippen LogP contribution in [0.15, 0.2) is 47.0 Å². The van der Waals surface area contributed by atoms with E-state index in [-0.39, 0.29) is 17.8 Å². The van der Waals surface area contributed by atoms with Crippen molar-refractivity contribution in [3.8, 4) is 0 Å². The number of nitrogens with zero attached hydrogens (tertiary/aromatic N) is 2. The molecule has 9 nitrogen and oxygen atoms in total. The normalized spacial score (nSPS) is 17.2. The van der Waals surface area contributed by atoms with Crippen LogP contribution in [-0.4, -0.2) is 61.7 Å². The number of guanidine groups is 1. The van der Waals surface area contributed by atoms with Crippen LogP contribution in [0.25, 0.3) is 5.57 Å². The van der Waals surface area contributed by atoms with E-state index in [1.165, 1.54) is 0 Å². The van der Waals surface area contributed by atoms with E-state index in [2.05, 4.69) is 15.7 Å². The monoisotopic (exact) mass is 460 g/mol. The topological polar surface area (TPSA) is 135 Å². The molecule has 2 aliphatic rings. The summed E-state index contributed by atoms with van der Waals surface area (Å²) in [5.74, 6) is -0.538. The molecule has 0 bridgehead atoms. The van der Waals surface area contributed by atoms with Crippen LogP contribution in [0.1, 0.15) is 24.8 Å². The van der Waals surface area contributed by atoms with Crippen LogP contribution in [0.2, 0.25) is 5.02 Å². The zero-order valence-corrected chi connectivity index (χ0v) is 18.6. The zero-order chi connectivity index (χ0) is 22.9. The van der Waals surface area contributed by atoms with Crippen LogP contribution >= 0.6 is 11.6 Å². The van der Waals surface area contributed by atoms with E-state index in [4.69, 9.17) is 27.8 Å². The molecule has 0 spiro atoms. The minimum Gasteiger partial charge on any atom is -0.379 e. The lowest BCUT2D eigenvalue weighted by molar-refractivity contribution is -0.133. The number of halogens is 1. The van der Waals surface area contributed by atoms with Crippen molar-refractivity contribution in [3.05, 3.63) is 52.6 Å². The van der Waals surface area contributed by atoms with Crippen molar-refractivity contribution in [3.63, 3.8) is 0 Å². The Morgan fingerprint density at radius 3 is 2.56 bits per heavy atom. The van der Waals surface area contributed by atoms with Gasteiger partial charge in [0.25, 0.3) is 5.91 Å². The number of allylic oxidation sites excluding steroid dienone is 3. The lowest BCUT2D eigenvalue weighted by Gasteiger charge is -2.29. The number of aliphatic imine (C=N–C) groups is 1. The SMILES string of the molecule is NC(N)=NCCCC(NC(=O)C1=CC=C(c2ccc(Cl)cc2)C1)C(=O)NN1CCOCC1. The Kier molecular flexibility index (Phi) is 8.66. The predicted octanol–water partition coefficient (Wildman–Crippen LogP) is 0.955. The van der Waals surface area contributed by atoms with Gasteiger partial charge in [-0.15, -0.1) is 0 Å². The van der Waals surface area contributed by atoms with E-state index in [0.717, 1.165) is 11.1 Å². The number of hydrogen-bond donors (Lipinski definition) is 4. The van der Waals surface area contributed by atoms with Gasteiger partial charge in [0, 0.05) is 36.7 Å². The number of ether oxygens (including phenoxy) is 1. The number of hydrazine groups is 1.